The summed E-state index contributed by atoms with van der Waals surface area (Å²) in [4.78, 5) is 21.2. The summed E-state index contributed by atoms with van der Waals surface area (Å²) < 4.78 is 5.16. The zero-order valence-corrected chi connectivity index (χ0v) is 8.83. The van der Waals surface area contributed by atoms with Crippen LogP contribution in [0.5, 0.6) is 0 Å². The van der Waals surface area contributed by atoms with Gasteiger partial charge in [-0.25, -0.2) is 4.98 Å². The van der Waals surface area contributed by atoms with Crippen LogP contribution in [0.4, 0.5) is 0 Å². The summed E-state index contributed by atoms with van der Waals surface area (Å²) in [7, 11) is 1.69. The minimum atomic E-state index is -0.176. The molecule has 0 spiro atoms. The molecular weight excluding hydrogens is 206 g/mol. The van der Waals surface area contributed by atoms with Crippen molar-refractivity contribution in [1.29, 1.82) is 0 Å². The lowest BCUT2D eigenvalue weighted by molar-refractivity contribution is 0.0769. The number of amides is 1. The van der Waals surface area contributed by atoms with Crippen molar-refractivity contribution in [3.05, 3.63) is 48.4 Å². The van der Waals surface area contributed by atoms with E-state index in [2.05, 4.69) is 9.97 Å². The summed E-state index contributed by atoms with van der Waals surface area (Å²) in [5.41, 5.74) is 0.330. The summed E-state index contributed by atoms with van der Waals surface area (Å²) in [5, 5.41) is 0. The third-order valence-electron chi connectivity index (χ3n) is 2.10. The third kappa shape index (κ3) is 2.25. The molecule has 0 radical (unpaired) electrons. The molecule has 82 valence electrons. The standard InChI is InChI=1S/C11H11N3O2/c1-14(8-9-3-2-6-16-9)11(15)10-7-12-4-5-13-10/h2-7H,8H2,1H3. The van der Waals surface area contributed by atoms with Crippen molar-refractivity contribution in [2.24, 2.45) is 0 Å². The molecule has 2 aromatic heterocycles. The van der Waals surface area contributed by atoms with Crippen molar-refractivity contribution in [2.45, 2.75) is 6.54 Å². The maximum absolute atomic E-state index is 11.9. The summed E-state index contributed by atoms with van der Waals surface area (Å²) >= 11 is 0. The predicted molar refractivity (Wildman–Crippen MR) is 56.5 cm³/mol. The van der Waals surface area contributed by atoms with Gasteiger partial charge >= 0.3 is 0 Å². The molecule has 0 N–H and O–H groups in total. The molecule has 0 fully saturated rings. The first-order valence-corrected chi connectivity index (χ1v) is 4.81. The highest BCUT2D eigenvalue weighted by atomic mass is 16.3. The van der Waals surface area contributed by atoms with E-state index < -0.39 is 0 Å². The van der Waals surface area contributed by atoms with E-state index in [9.17, 15) is 4.79 Å². The van der Waals surface area contributed by atoms with Gasteiger partial charge in [0.25, 0.3) is 5.91 Å². The topological polar surface area (TPSA) is 59.2 Å². The van der Waals surface area contributed by atoms with Crippen molar-refractivity contribution in [3.63, 3.8) is 0 Å². The number of hydrogen-bond donors (Lipinski definition) is 0. The molecule has 0 aromatic carbocycles. The van der Waals surface area contributed by atoms with Gasteiger partial charge in [0.1, 0.15) is 11.5 Å². The van der Waals surface area contributed by atoms with Gasteiger partial charge in [0.2, 0.25) is 0 Å². The van der Waals surface area contributed by atoms with Crippen molar-refractivity contribution in [2.75, 3.05) is 7.05 Å². The van der Waals surface area contributed by atoms with Gasteiger partial charge in [0.15, 0.2) is 0 Å². The Morgan fingerprint density at radius 3 is 3.00 bits per heavy atom. The smallest absolute Gasteiger partial charge is 0.274 e. The molecule has 1 amide bonds. The van der Waals surface area contributed by atoms with Crippen LogP contribution in [-0.4, -0.2) is 27.8 Å². The number of rotatable bonds is 3. The number of carbonyl (C=O) groups excluding carboxylic acids is 1. The number of nitrogens with zero attached hydrogens (tertiary/aromatic N) is 3. The first-order chi connectivity index (χ1) is 7.77. The summed E-state index contributed by atoms with van der Waals surface area (Å²) in [6.07, 6.45) is 6.05. The van der Waals surface area contributed by atoms with Crippen LogP contribution >= 0.6 is 0 Å². The molecule has 0 saturated carbocycles. The Morgan fingerprint density at radius 2 is 2.38 bits per heavy atom. The summed E-state index contributed by atoms with van der Waals surface area (Å²) in [6, 6.07) is 3.61. The highest BCUT2D eigenvalue weighted by Gasteiger charge is 2.14. The fourth-order valence-electron chi connectivity index (χ4n) is 1.31. The second-order valence-electron chi connectivity index (χ2n) is 3.33. The fourth-order valence-corrected chi connectivity index (χ4v) is 1.31. The Bertz CT molecular complexity index is 453. The van der Waals surface area contributed by atoms with Gasteiger partial charge in [-0.3, -0.25) is 9.78 Å². The lowest BCUT2D eigenvalue weighted by Crippen LogP contribution is -2.26. The fraction of sp³-hybridized carbons (Fsp3) is 0.182. The van der Waals surface area contributed by atoms with Gasteiger partial charge in [0.05, 0.1) is 19.0 Å². The Labute approximate surface area is 92.7 Å². The van der Waals surface area contributed by atoms with Crippen LogP contribution < -0.4 is 0 Å². The highest BCUT2D eigenvalue weighted by molar-refractivity contribution is 5.91. The van der Waals surface area contributed by atoms with Crippen LogP contribution in [-0.2, 0) is 6.54 Å². The molecule has 16 heavy (non-hydrogen) atoms. The molecule has 2 heterocycles. The minimum Gasteiger partial charge on any atom is -0.467 e. The van der Waals surface area contributed by atoms with Gasteiger partial charge in [0, 0.05) is 19.4 Å². The summed E-state index contributed by atoms with van der Waals surface area (Å²) in [6.45, 7) is 0.419. The lowest BCUT2D eigenvalue weighted by atomic mass is 10.3. The van der Waals surface area contributed by atoms with Gasteiger partial charge in [-0.2, -0.15) is 0 Å². The van der Waals surface area contributed by atoms with E-state index in [1.165, 1.54) is 23.5 Å². The van der Waals surface area contributed by atoms with Gasteiger partial charge in [-0.15, -0.1) is 0 Å². The largest absolute Gasteiger partial charge is 0.467 e. The Balaban J connectivity index is 2.05. The molecule has 2 aromatic rings. The molecule has 0 saturated heterocycles. The van der Waals surface area contributed by atoms with E-state index in [1.54, 1.807) is 19.4 Å². The number of aromatic nitrogens is 2. The molecule has 0 aliphatic rings. The molecule has 5 heteroatoms. The van der Waals surface area contributed by atoms with Crippen molar-refractivity contribution in [3.8, 4) is 0 Å². The predicted octanol–water partition coefficient (Wildman–Crippen LogP) is 1.34. The van der Waals surface area contributed by atoms with Crippen LogP contribution in [0, 0.1) is 0 Å². The van der Waals surface area contributed by atoms with Crippen LogP contribution in [0.3, 0.4) is 0 Å². The molecule has 0 unspecified atom stereocenters. The minimum absolute atomic E-state index is 0.176. The molecule has 0 aliphatic heterocycles. The molecule has 0 aliphatic carbocycles. The van der Waals surface area contributed by atoms with E-state index in [4.69, 9.17) is 4.42 Å². The number of carbonyl (C=O) groups is 1. The molecule has 2 rings (SSSR count). The maximum Gasteiger partial charge on any atom is 0.274 e. The number of furan rings is 1. The maximum atomic E-state index is 11.9. The van der Waals surface area contributed by atoms with E-state index in [0.717, 1.165) is 5.76 Å². The van der Waals surface area contributed by atoms with Crippen LogP contribution in [0.15, 0.2) is 41.4 Å². The molecular formula is C11H11N3O2. The summed E-state index contributed by atoms with van der Waals surface area (Å²) in [5.74, 6) is 0.559. The van der Waals surface area contributed by atoms with E-state index in [0.29, 0.717) is 12.2 Å². The van der Waals surface area contributed by atoms with E-state index in [1.807, 2.05) is 6.07 Å². The zero-order valence-electron chi connectivity index (χ0n) is 8.83. The van der Waals surface area contributed by atoms with E-state index >= 15 is 0 Å². The van der Waals surface area contributed by atoms with Crippen molar-refractivity contribution < 1.29 is 9.21 Å². The van der Waals surface area contributed by atoms with E-state index in [-0.39, 0.29) is 5.91 Å². The monoisotopic (exact) mass is 217 g/mol. The third-order valence-corrected chi connectivity index (χ3v) is 2.10. The highest BCUT2D eigenvalue weighted by Crippen LogP contribution is 2.06. The van der Waals surface area contributed by atoms with Crippen LogP contribution in [0.25, 0.3) is 0 Å². The second kappa shape index (κ2) is 4.57. The van der Waals surface area contributed by atoms with Crippen LogP contribution in [0.1, 0.15) is 16.2 Å². The molecule has 0 atom stereocenters. The second-order valence-corrected chi connectivity index (χ2v) is 3.33. The lowest BCUT2D eigenvalue weighted by Gasteiger charge is -2.14. The van der Waals surface area contributed by atoms with Crippen molar-refractivity contribution >= 4 is 5.91 Å². The Morgan fingerprint density at radius 1 is 1.50 bits per heavy atom. The first-order valence-electron chi connectivity index (χ1n) is 4.81. The molecule has 0 bridgehead atoms. The normalized spacial score (nSPS) is 10.1. The Kier molecular flexibility index (Phi) is 2.95. The SMILES string of the molecule is CN(Cc1ccco1)C(=O)c1cnccn1. The quantitative estimate of drug-likeness (QED) is 0.778. The van der Waals surface area contributed by atoms with Gasteiger partial charge < -0.3 is 9.32 Å². The average molecular weight is 217 g/mol. The number of hydrogen-bond acceptors (Lipinski definition) is 4. The van der Waals surface area contributed by atoms with Crippen molar-refractivity contribution in [1.82, 2.24) is 14.9 Å². The van der Waals surface area contributed by atoms with Gasteiger partial charge in [-0.1, -0.05) is 0 Å². The molecule has 5 nitrogen and oxygen atoms in total. The zero-order chi connectivity index (χ0) is 11.4. The van der Waals surface area contributed by atoms with Crippen LogP contribution in [0.2, 0.25) is 0 Å². The van der Waals surface area contributed by atoms with Gasteiger partial charge in [-0.05, 0) is 12.1 Å². The Hall–Kier alpha value is -2.17. The first kappa shape index (κ1) is 10.4. The average Bonchev–Trinajstić information content (AvgIpc) is 2.82.